The molecule has 0 saturated carbocycles. The van der Waals surface area contributed by atoms with Crippen molar-refractivity contribution in [2.45, 2.75) is 31.2 Å². The quantitative estimate of drug-likeness (QED) is 0.526. The molecule has 5 nitrogen and oxygen atoms in total. The summed E-state index contributed by atoms with van der Waals surface area (Å²) < 4.78 is 79.2. The van der Waals surface area contributed by atoms with Gasteiger partial charge in [-0.2, -0.15) is 26.3 Å². The molecule has 2 aromatic rings. The number of hydrogen-bond donors (Lipinski definition) is 3. The van der Waals surface area contributed by atoms with E-state index in [1.807, 2.05) is 0 Å². The van der Waals surface area contributed by atoms with Gasteiger partial charge in [0.1, 0.15) is 6.17 Å². The van der Waals surface area contributed by atoms with Crippen LogP contribution in [-0.2, 0) is 5.79 Å². The third kappa shape index (κ3) is 2.76. The number of aliphatic hydroxyl groups is 2. The van der Waals surface area contributed by atoms with Gasteiger partial charge in [0.05, 0.1) is 11.2 Å². The van der Waals surface area contributed by atoms with Crippen molar-refractivity contribution < 1.29 is 36.6 Å². The number of aromatic nitrogens is 1. The highest BCUT2D eigenvalue weighted by molar-refractivity contribution is 6.15. The Morgan fingerprint density at radius 1 is 1.12 bits per heavy atom. The Kier molecular flexibility index (Phi) is 3.92. The molecule has 3 N–H and O–H groups in total. The first-order valence-corrected chi connectivity index (χ1v) is 7.19. The molecule has 1 atom stereocenters. The van der Waals surface area contributed by atoms with Crippen molar-refractivity contribution in [3.63, 3.8) is 0 Å². The molecule has 11 heteroatoms. The van der Waals surface area contributed by atoms with Crippen LogP contribution in [0.5, 0.6) is 0 Å². The van der Waals surface area contributed by atoms with Crippen LogP contribution in [0.25, 0.3) is 10.9 Å². The Morgan fingerprint density at radius 2 is 1.77 bits per heavy atom. The number of aliphatic imine (C=N–C) groups is 1. The number of anilines is 1. The van der Waals surface area contributed by atoms with Crippen LogP contribution in [-0.4, -0.2) is 39.4 Å². The predicted octanol–water partition coefficient (Wildman–Crippen LogP) is 3.06. The molecule has 1 aliphatic rings. The summed E-state index contributed by atoms with van der Waals surface area (Å²) in [6.45, 7) is 1.34. The van der Waals surface area contributed by atoms with Crippen LogP contribution >= 0.6 is 0 Å². The Labute approximate surface area is 142 Å². The zero-order chi connectivity index (χ0) is 19.5. The maximum absolute atomic E-state index is 13.3. The summed E-state index contributed by atoms with van der Waals surface area (Å²) in [5.74, 6) is -4.39. The lowest BCUT2D eigenvalue weighted by molar-refractivity contribution is -0.357. The van der Waals surface area contributed by atoms with Crippen molar-refractivity contribution in [2.24, 2.45) is 4.99 Å². The van der Waals surface area contributed by atoms with Crippen molar-refractivity contribution in [3.8, 4) is 0 Å². The number of nitrogens with zero attached hydrogens (tertiary/aromatic N) is 2. The Balaban J connectivity index is 2.42. The van der Waals surface area contributed by atoms with Crippen molar-refractivity contribution in [1.29, 1.82) is 0 Å². The first-order chi connectivity index (χ1) is 11.8. The van der Waals surface area contributed by atoms with E-state index in [0.717, 1.165) is 6.20 Å². The molecule has 3 rings (SSSR count). The number of halogens is 6. The zero-order valence-corrected chi connectivity index (χ0v) is 12.9. The fourth-order valence-electron chi connectivity index (χ4n) is 2.74. The molecule has 0 saturated heterocycles. The molecule has 0 radical (unpaired) electrons. The van der Waals surface area contributed by atoms with Gasteiger partial charge in [-0.15, -0.1) is 0 Å². The van der Waals surface area contributed by atoms with E-state index in [1.54, 1.807) is 0 Å². The summed E-state index contributed by atoms with van der Waals surface area (Å²) in [4.78, 5) is 7.10. The molecule has 140 valence electrons. The summed E-state index contributed by atoms with van der Waals surface area (Å²) in [5.41, 5.74) is -3.97. The van der Waals surface area contributed by atoms with E-state index in [-0.39, 0.29) is 11.1 Å². The highest BCUT2D eigenvalue weighted by Crippen LogP contribution is 2.44. The lowest BCUT2D eigenvalue weighted by Crippen LogP contribution is -2.43. The second-order valence-electron chi connectivity index (χ2n) is 5.71. The van der Waals surface area contributed by atoms with Crippen molar-refractivity contribution in [3.05, 3.63) is 35.5 Å². The highest BCUT2D eigenvalue weighted by Gasteiger charge is 2.56. The minimum Gasteiger partial charge on any atom is -0.363 e. The standard InChI is InChI=1S/C15H11F6N3O2/c1-6-23-10-7-3-2-4-22-11(7)9(13(25,26)15(19,20)21)5-8(10)12(24-6)14(16,17)18/h2-6,23,25-26H,1H3. The Bertz CT molecular complexity index is 905. The maximum atomic E-state index is 13.3. The topological polar surface area (TPSA) is 77.7 Å². The number of benzene rings is 1. The maximum Gasteiger partial charge on any atom is 0.447 e. The lowest BCUT2D eigenvalue weighted by atomic mass is 9.93. The lowest BCUT2D eigenvalue weighted by Gasteiger charge is -2.30. The van der Waals surface area contributed by atoms with Gasteiger partial charge < -0.3 is 15.5 Å². The van der Waals surface area contributed by atoms with Gasteiger partial charge in [0.15, 0.2) is 5.71 Å². The number of alkyl halides is 6. The Hall–Kier alpha value is -2.40. The molecule has 0 bridgehead atoms. The van der Waals surface area contributed by atoms with E-state index in [2.05, 4.69) is 15.3 Å². The minimum atomic E-state index is -5.56. The van der Waals surface area contributed by atoms with Crippen molar-refractivity contribution in [2.75, 3.05) is 5.32 Å². The van der Waals surface area contributed by atoms with E-state index in [1.165, 1.54) is 19.1 Å². The number of pyridine rings is 1. The molecular weight excluding hydrogens is 368 g/mol. The first-order valence-electron chi connectivity index (χ1n) is 7.19. The van der Waals surface area contributed by atoms with Crippen LogP contribution in [0.15, 0.2) is 29.4 Å². The summed E-state index contributed by atoms with van der Waals surface area (Å²) in [7, 11) is 0. The van der Waals surface area contributed by atoms with Crippen LogP contribution in [0.3, 0.4) is 0 Å². The summed E-state index contributed by atoms with van der Waals surface area (Å²) in [5, 5.41) is 21.7. The third-order valence-electron chi connectivity index (χ3n) is 3.86. The predicted molar refractivity (Wildman–Crippen MR) is 79.6 cm³/mol. The fourth-order valence-corrected chi connectivity index (χ4v) is 2.74. The first kappa shape index (κ1) is 18.4. The molecule has 1 aromatic heterocycles. The molecule has 0 fully saturated rings. The second kappa shape index (κ2) is 5.55. The van der Waals surface area contributed by atoms with Gasteiger partial charge in [-0.3, -0.25) is 9.98 Å². The smallest absolute Gasteiger partial charge is 0.363 e. The van der Waals surface area contributed by atoms with Crippen LogP contribution in [0.2, 0.25) is 0 Å². The number of fused-ring (bicyclic) bond motifs is 3. The molecule has 1 unspecified atom stereocenters. The van der Waals surface area contributed by atoms with Crippen molar-refractivity contribution in [1.82, 2.24) is 4.98 Å². The van der Waals surface area contributed by atoms with E-state index in [0.29, 0.717) is 6.07 Å². The van der Waals surface area contributed by atoms with Crippen LogP contribution in [0, 0.1) is 0 Å². The minimum absolute atomic E-state index is 0.125. The zero-order valence-electron chi connectivity index (χ0n) is 12.9. The molecule has 0 spiro atoms. The Morgan fingerprint density at radius 3 is 2.35 bits per heavy atom. The molecule has 26 heavy (non-hydrogen) atoms. The SMILES string of the molecule is CC1N=C(C(F)(F)F)c2cc(C(O)(O)C(F)(F)F)c3ncccc3c2N1. The van der Waals surface area contributed by atoms with Gasteiger partial charge in [0.25, 0.3) is 5.79 Å². The average Bonchev–Trinajstić information content (AvgIpc) is 2.51. The van der Waals surface area contributed by atoms with E-state index >= 15 is 0 Å². The second-order valence-corrected chi connectivity index (χ2v) is 5.71. The van der Waals surface area contributed by atoms with Crippen LogP contribution in [0.1, 0.15) is 18.1 Å². The molecule has 0 aliphatic carbocycles. The molecule has 1 aromatic carbocycles. The number of nitrogens with one attached hydrogen (secondary N) is 1. The normalized spacial score (nSPS) is 18.3. The third-order valence-corrected chi connectivity index (χ3v) is 3.86. The van der Waals surface area contributed by atoms with Gasteiger partial charge in [-0.05, 0) is 25.1 Å². The van der Waals surface area contributed by atoms with Crippen LogP contribution < -0.4 is 5.32 Å². The van der Waals surface area contributed by atoms with Gasteiger partial charge in [0, 0.05) is 22.7 Å². The fraction of sp³-hybridized carbons (Fsp3) is 0.333. The van der Waals surface area contributed by atoms with Crippen molar-refractivity contribution >= 4 is 22.3 Å². The highest BCUT2D eigenvalue weighted by atomic mass is 19.4. The molecule has 0 amide bonds. The summed E-state index contributed by atoms with van der Waals surface area (Å²) in [6.07, 6.45) is -10.4. The number of rotatable bonds is 1. The monoisotopic (exact) mass is 379 g/mol. The van der Waals surface area contributed by atoms with E-state index in [4.69, 9.17) is 0 Å². The summed E-state index contributed by atoms with van der Waals surface area (Å²) in [6, 6.07) is 2.95. The van der Waals surface area contributed by atoms with E-state index in [9.17, 15) is 36.6 Å². The summed E-state index contributed by atoms with van der Waals surface area (Å²) >= 11 is 0. The molecule has 1 aliphatic heterocycles. The molecular formula is C15H11F6N3O2. The van der Waals surface area contributed by atoms with Gasteiger partial charge in [0.2, 0.25) is 0 Å². The number of hydrogen-bond acceptors (Lipinski definition) is 5. The largest absolute Gasteiger partial charge is 0.447 e. The average molecular weight is 379 g/mol. The van der Waals surface area contributed by atoms with Gasteiger partial charge >= 0.3 is 12.4 Å². The van der Waals surface area contributed by atoms with Gasteiger partial charge in [-0.25, -0.2) is 0 Å². The van der Waals surface area contributed by atoms with E-state index < -0.39 is 46.7 Å². The van der Waals surface area contributed by atoms with Crippen LogP contribution in [0.4, 0.5) is 32.0 Å². The molecule has 2 heterocycles. The van der Waals surface area contributed by atoms with Gasteiger partial charge in [-0.1, -0.05) is 0 Å².